The molecule has 0 N–H and O–H groups in total. The highest BCUT2D eigenvalue weighted by atomic mass is 16.5. The van der Waals surface area contributed by atoms with Crippen LogP contribution in [0, 0.1) is 20.8 Å². The Bertz CT molecular complexity index is 1090. The van der Waals surface area contributed by atoms with Crippen molar-refractivity contribution in [3.8, 4) is 5.75 Å². The maximum absolute atomic E-state index is 13.0. The van der Waals surface area contributed by atoms with Crippen LogP contribution in [-0.4, -0.2) is 27.7 Å². The van der Waals surface area contributed by atoms with E-state index in [0.29, 0.717) is 31.5 Å². The molecule has 2 heterocycles. The summed E-state index contributed by atoms with van der Waals surface area (Å²) < 4.78 is 7.36. The molecular weight excluding hydrogens is 376 g/mol. The summed E-state index contributed by atoms with van der Waals surface area (Å²) in [5.74, 6) is 1.52. The summed E-state index contributed by atoms with van der Waals surface area (Å²) in [6.07, 6.45) is 0. The Labute approximate surface area is 177 Å². The standard InChI is InChI=1S/C24H28N4O2/c1-5-30-22-12-10-21(11-13-22)27-15-26(14-20-8-6-17(2)7-9-20)16-28-23(29)18(3)19(4)25-24(27)28/h6-13H,5,14-16H2,1-4H3. The molecule has 6 nitrogen and oxygen atoms in total. The summed E-state index contributed by atoms with van der Waals surface area (Å²) in [7, 11) is 0. The molecule has 0 bridgehead atoms. The maximum Gasteiger partial charge on any atom is 0.259 e. The maximum atomic E-state index is 13.0. The Morgan fingerprint density at radius 3 is 2.33 bits per heavy atom. The first-order valence-electron chi connectivity index (χ1n) is 10.3. The van der Waals surface area contributed by atoms with Gasteiger partial charge in [-0.25, -0.2) is 4.98 Å². The number of aryl methyl sites for hydroxylation is 2. The van der Waals surface area contributed by atoms with Gasteiger partial charge in [-0.3, -0.25) is 19.2 Å². The lowest BCUT2D eigenvalue weighted by atomic mass is 10.1. The highest BCUT2D eigenvalue weighted by molar-refractivity contribution is 5.59. The second-order valence-corrected chi connectivity index (χ2v) is 7.81. The predicted octanol–water partition coefficient (Wildman–Crippen LogP) is 4.14. The van der Waals surface area contributed by atoms with Gasteiger partial charge in [-0.2, -0.15) is 0 Å². The van der Waals surface area contributed by atoms with E-state index in [0.717, 1.165) is 23.7 Å². The molecule has 1 aromatic heterocycles. The number of hydrogen-bond donors (Lipinski definition) is 0. The van der Waals surface area contributed by atoms with Gasteiger partial charge in [0, 0.05) is 23.5 Å². The highest BCUT2D eigenvalue weighted by Gasteiger charge is 2.27. The van der Waals surface area contributed by atoms with Crippen molar-refractivity contribution < 1.29 is 4.74 Å². The molecule has 156 valence electrons. The van der Waals surface area contributed by atoms with Gasteiger partial charge in [-0.15, -0.1) is 0 Å². The van der Waals surface area contributed by atoms with Gasteiger partial charge in [-0.1, -0.05) is 29.8 Å². The van der Waals surface area contributed by atoms with Gasteiger partial charge < -0.3 is 4.74 Å². The molecule has 0 radical (unpaired) electrons. The number of hydrogen-bond acceptors (Lipinski definition) is 5. The van der Waals surface area contributed by atoms with Crippen LogP contribution in [0.1, 0.15) is 29.3 Å². The van der Waals surface area contributed by atoms with Crippen LogP contribution in [0.25, 0.3) is 0 Å². The Morgan fingerprint density at radius 2 is 1.67 bits per heavy atom. The zero-order valence-electron chi connectivity index (χ0n) is 18.1. The molecule has 0 saturated carbocycles. The number of fused-ring (bicyclic) bond motifs is 1. The van der Waals surface area contributed by atoms with Crippen molar-refractivity contribution in [3.05, 3.63) is 81.3 Å². The van der Waals surface area contributed by atoms with Crippen LogP contribution >= 0.6 is 0 Å². The Hall–Kier alpha value is -3.12. The smallest absolute Gasteiger partial charge is 0.259 e. The molecule has 0 saturated heterocycles. The SMILES string of the molecule is CCOc1ccc(N2CN(Cc3ccc(C)cc3)Cn3c2nc(C)c(C)c3=O)cc1. The topological polar surface area (TPSA) is 50.6 Å². The first-order chi connectivity index (χ1) is 14.5. The summed E-state index contributed by atoms with van der Waals surface area (Å²) in [6, 6.07) is 16.5. The van der Waals surface area contributed by atoms with Crippen molar-refractivity contribution in [2.75, 3.05) is 18.2 Å². The Balaban J connectivity index is 1.72. The van der Waals surface area contributed by atoms with E-state index in [-0.39, 0.29) is 5.56 Å². The third-order valence-electron chi connectivity index (χ3n) is 5.53. The van der Waals surface area contributed by atoms with Crippen LogP contribution in [0.5, 0.6) is 5.75 Å². The molecule has 0 atom stereocenters. The van der Waals surface area contributed by atoms with Crippen LogP contribution in [0.4, 0.5) is 11.6 Å². The third-order valence-corrected chi connectivity index (χ3v) is 5.53. The van der Waals surface area contributed by atoms with Gasteiger partial charge in [0.1, 0.15) is 5.75 Å². The van der Waals surface area contributed by atoms with E-state index >= 15 is 0 Å². The monoisotopic (exact) mass is 404 g/mol. The second-order valence-electron chi connectivity index (χ2n) is 7.81. The van der Waals surface area contributed by atoms with Gasteiger partial charge in [0.05, 0.1) is 19.9 Å². The molecular formula is C24H28N4O2. The normalized spacial score (nSPS) is 13.9. The number of anilines is 2. The molecule has 4 rings (SSSR count). The number of rotatable bonds is 5. The number of nitrogens with zero attached hydrogens (tertiary/aromatic N) is 4. The fourth-order valence-corrected chi connectivity index (χ4v) is 3.72. The van der Waals surface area contributed by atoms with E-state index in [1.54, 1.807) is 4.57 Å². The highest BCUT2D eigenvalue weighted by Crippen LogP contribution is 2.29. The summed E-state index contributed by atoms with van der Waals surface area (Å²) in [6.45, 7) is 10.4. The van der Waals surface area contributed by atoms with Gasteiger partial charge in [0.25, 0.3) is 5.56 Å². The summed E-state index contributed by atoms with van der Waals surface area (Å²) in [5, 5.41) is 0. The predicted molar refractivity (Wildman–Crippen MR) is 119 cm³/mol. The molecule has 6 heteroatoms. The van der Waals surface area contributed by atoms with Crippen molar-refractivity contribution in [2.24, 2.45) is 0 Å². The second kappa shape index (κ2) is 8.32. The molecule has 3 aromatic rings. The van der Waals surface area contributed by atoms with Crippen LogP contribution < -0.4 is 15.2 Å². The number of benzene rings is 2. The molecule has 2 aromatic carbocycles. The molecule has 0 fully saturated rings. The molecule has 0 amide bonds. The molecule has 30 heavy (non-hydrogen) atoms. The van der Waals surface area contributed by atoms with Crippen molar-refractivity contribution in [2.45, 2.75) is 40.9 Å². The van der Waals surface area contributed by atoms with E-state index in [1.807, 2.05) is 45.0 Å². The quantitative estimate of drug-likeness (QED) is 0.640. The molecule has 1 aliphatic heterocycles. The molecule has 0 spiro atoms. The van der Waals surface area contributed by atoms with Crippen molar-refractivity contribution in [3.63, 3.8) is 0 Å². The first kappa shape index (κ1) is 20.2. The number of aromatic nitrogens is 2. The third kappa shape index (κ3) is 3.96. The summed E-state index contributed by atoms with van der Waals surface area (Å²) >= 11 is 0. The fourth-order valence-electron chi connectivity index (χ4n) is 3.72. The summed E-state index contributed by atoms with van der Waals surface area (Å²) in [5.41, 5.74) is 4.93. The first-order valence-corrected chi connectivity index (χ1v) is 10.3. The van der Waals surface area contributed by atoms with Crippen LogP contribution in [0.2, 0.25) is 0 Å². The van der Waals surface area contributed by atoms with Crippen molar-refractivity contribution >= 4 is 11.6 Å². The molecule has 0 unspecified atom stereocenters. The molecule has 0 aliphatic carbocycles. The van der Waals surface area contributed by atoms with Gasteiger partial charge in [-0.05, 0) is 57.5 Å². The average Bonchev–Trinajstić information content (AvgIpc) is 2.75. The largest absolute Gasteiger partial charge is 0.494 e. The fraction of sp³-hybridized carbons (Fsp3) is 0.333. The van der Waals surface area contributed by atoms with E-state index in [9.17, 15) is 4.79 Å². The van der Waals surface area contributed by atoms with Crippen molar-refractivity contribution in [1.29, 1.82) is 0 Å². The van der Waals surface area contributed by atoms with Crippen LogP contribution in [-0.2, 0) is 13.2 Å². The lowest BCUT2D eigenvalue weighted by Gasteiger charge is -2.38. The van der Waals surface area contributed by atoms with Crippen molar-refractivity contribution in [1.82, 2.24) is 14.5 Å². The van der Waals surface area contributed by atoms with Crippen LogP contribution in [0.3, 0.4) is 0 Å². The van der Waals surface area contributed by atoms with E-state index in [2.05, 4.69) is 41.0 Å². The lowest BCUT2D eigenvalue weighted by molar-refractivity contribution is 0.190. The summed E-state index contributed by atoms with van der Waals surface area (Å²) in [4.78, 5) is 22.2. The number of ether oxygens (including phenoxy) is 1. The van der Waals surface area contributed by atoms with E-state index < -0.39 is 0 Å². The lowest BCUT2D eigenvalue weighted by Crippen LogP contribution is -2.47. The minimum absolute atomic E-state index is 0.0158. The van der Waals surface area contributed by atoms with E-state index in [4.69, 9.17) is 9.72 Å². The zero-order chi connectivity index (χ0) is 21.3. The minimum Gasteiger partial charge on any atom is -0.494 e. The zero-order valence-corrected chi connectivity index (χ0v) is 18.1. The van der Waals surface area contributed by atoms with Gasteiger partial charge in [0.15, 0.2) is 0 Å². The Kier molecular flexibility index (Phi) is 5.59. The van der Waals surface area contributed by atoms with Gasteiger partial charge in [0.2, 0.25) is 5.95 Å². The van der Waals surface area contributed by atoms with E-state index in [1.165, 1.54) is 11.1 Å². The van der Waals surface area contributed by atoms with Crippen LogP contribution in [0.15, 0.2) is 53.3 Å². The Morgan fingerprint density at radius 1 is 0.967 bits per heavy atom. The van der Waals surface area contributed by atoms with Gasteiger partial charge >= 0.3 is 0 Å². The minimum atomic E-state index is 0.0158. The average molecular weight is 405 g/mol. The molecule has 1 aliphatic rings.